The molecule has 0 spiro atoms. The summed E-state index contributed by atoms with van der Waals surface area (Å²) < 4.78 is 0. The van der Waals surface area contributed by atoms with Crippen molar-refractivity contribution in [3.8, 4) is 0 Å². The zero-order valence-corrected chi connectivity index (χ0v) is 14.6. The molecule has 4 fully saturated rings. The molecule has 0 heteroatoms. The Morgan fingerprint density at radius 2 is 0.900 bits per heavy atom. The number of hydrogen-bond acceptors (Lipinski definition) is 0. The molecule has 4 aliphatic rings. The second-order valence-corrected chi connectivity index (χ2v) is 11.3. The Balaban J connectivity index is 1.61. The van der Waals surface area contributed by atoms with E-state index in [2.05, 4.69) is 41.5 Å². The molecule has 0 aromatic rings. The highest BCUT2D eigenvalue weighted by Crippen LogP contribution is 2.75. The van der Waals surface area contributed by atoms with Gasteiger partial charge in [0, 0.05) is 0 Å². The Hall–Kier alpha value is 0. The third-order valence-corrected chi connectivity index (χ3v) is 7.77. The van der Waals surface area contributed by atoms with Crippen molar-refractivity contribution in [2.45, 2.75) is 80.1 Å². The first kappa shape index (κ1) is 13.6. The summed E-state index contributed by atoms with van der Waals surface area (Å²) in [5.74, 6) is 4.27. The Bertz CT molecular complexity index is 397. The predicted octanol–water partition coefficient (Wildman–Crippen LogP) is 5.91. The van der Waals surface area contributed by atoms with E-state index in [0.717, 1.165) is 34.5 Å². The standard InChI is InChI=1S/C20H34/c1-17(2)7-13(15-9-19(15,5)11-17)14-8-18(3,4)12-20(6)10-16(14)20/h13-16H,7-12H2,1-6H3. The van der Waals surface area contributed by atoms with Crippen LogP contribution in [0.1, 0.15) is 80.1 Å². The fraction of sp³-hybridized carbons (Fsp3) is 1.00. The molecule has 0 aliphatic heterocycles. The Morgan fingerprint density at radius 3 is 1.25 bits per heavy atom. The summed E-state index contributed by atoms with van der Waals surface area (Å²) in [6.45, 7) is 15.3. The third kappa shape index (κ3) is 1.92. The van der Waals surface area contributed by atoms with E-state index < -0.39 is 0 Å². The first-order valence-electron chi connectivity index (χ1n) is 9.04. The van der Waals surface area contributed by atoms with Crippen LogP contribution in [0.2, 0.25) is 0 Å². The Morgan fingerprint density at radius 1 is 0.550 bits per heavy atom. The van der Waals surface area contributed by atoms with Gasteiger partial charge in [-0.25, -0.2) is 0 Å². The summed E-state index contributed by atoms with van der Waals surface area (Å²) in [6, 6.07) is 0. The van der Waals surface area contributed by atoms with Gasteiger partial charge in [0.05, 0.1) is 0 Å². The molecule has 6 unspecified atom stereocenters. The molecule has 4 saturated carbocycles. The van der Waals surface area contributed by atoms with Crippen molar-refractivity contribution in [2.24, 2.45) is 45.3 Å². The van der Waals surface area contributed by atoms with Gasteiger partial charge in [-0.3, -0.25) is 0 Å². The topological polar surface area (TPSA) is 0 Å². The maximum atomic E-state index is 2.59. The maximum absolute atomic E-state index is 2.59. The smallest absolute Gasteiger partial charge is 0.0287 e. The monoisotopic (exact) mass is 274 g/mol. The predicted molar refractivity (Wildman–Crippen MR) is 85.4 cm³/mol. The van der Waals surface area contributed by atoms with Gasteiger partial charge < -0.3 is 0 Å². The second kappa shape index (κ2) is 3.49. The summed E-state index contributed by atoms with van der Waals surface area (Å²) in [5.41, 5.74) is 2.64. The highest BCUT2D eigenvalue weighted by molar-refractivity contribution is 5.16. The van der Waals surface area contributed by atoms with Crippen LogP contribution in [0.25, 0.3) is 0 Å². The van der Waals surface area contributed by atoms with Gasteiger partial charge in [-0.05, 0) is 83.9 Å². The van der Waals surface area contributed by atoms with Gasteiger partial charge in [-0.1, -0.05) is 41.5 Å². The lowest BCUT2D eigenvalue weighted by Gasteiger charge is -2.47. The molecular formula is C20H34. The molecule has 20 heavy (non-hydrogen) atoms. The molecule has 0 heterocycles. The minimum atomic E-state index is 0.597. The molecule has 0 N–H and O–H groups in total. The number of rotatable bonds is 1. The van der Waals surface area contributed by atoms with E-state index >= 15 is 0 Å². The SMILES string of the molecule is CC1(C)CC(C2CC(C)(C)CC3(C)CC23)C2CC2(C)C1. The highest BCUT2D eigenvalue weighted by atomic mass is 14.7. The summed E-state index contributed by atoms with van der Waals surface area (Å²) in [7, 11) is 0. The summed E-state index contributed by atoms with van der Waals surface area (Å²) in [5, 5.41) is 0. The zero-order chi connectivity index (χ0) is 14.6. The van der Waals surface area contributed by atoms with Gasteiger partial charge in [-0.2, -0.15) is 0 Å². The van der Waals surface area contributed by atoms with E-state index in [1.165, 1.54) is 25.7 Å². The summed E-state index contributed by atoms with van der Waals surface area (Å²) >= 11 is 0. The van der Waals surface area contributed by atoms with Gasteiger partial charge in [0.25, 0.3) is 0 Å². The minimum absolute atomic E-state index is 0.597. The second-order valence-electron chi connectivity index (χ2n) is 11.3. The van der Waals surface area contributed by atoms with Crippen LogP contribution in [0.5, 0.6) is 0 Å². The summed E-state index contributed by atoms with van der Waals surface area (Å²) in [6.07, 6.45) is 9.09. The Kier molecular flexibility index (Phi) is 2.38. The molecule has 6 atom stereocenters. The van der Waals surface area contributed by atoms with Gasteiger partial charge >= 0.3 is 0 Å². The first-order valence-corrected chi connectivity index (χ1v) is 9.04. The normalized spacial score (nSPS) is 58.5. The molecule has 0 saturated heterocycles. The van der Waals surface area contributed by atoms with Crippen LogP contribution in [-0.2, 0) is 0 Å². The van der Waals surface area contributed by atoms with Gasteiger partial charge in [-0.15, -0.1) is 0 Å². The minimum Gasteiger partial charge on any atom is -0.0599 e. The van der Waals surface area contributed by atoms with E-state index in [9.17, 15) is 0 Å². The van der Waals surface area contributed by atoms with E-state index in [0.29, 0.717) is 10.8 Å². The first-order chi connectivity index (χ1) is 9.04. The van der Waals surface area contributed by atoms with Crippen molar-refractivity contribution < 1.29 is 0 Å². The van der Waals surface area contributed by atoms with Crippen LogP contribution >= 0.6 is 0 Å². The largest absolute Gasteiger partial charge is 0.0599 e. The van der Waals surface area contributed by atoms with Crippen molar-refractivity contribution in [1.29, 1.82) is 0 Å². The quantitative estimate of drug-likeness (QED) is 0.557. The molecule has 0 nitrogen and oxygen atoms in total. The van der Waals surface area contributed by atoms with Gasteiger partial charge in [0.2, 0.25) is 0 Å². The van der Waals surface area contributed by atoms with Crippen LogP contribution in [0, 0.1) is 45.3 Å². The van der Waals surface area contributed by atoms with Crippen LogP contribution in [0.3, 0.4) is 0 Å². The average Bonchev–Trinajstić information content (AvgIpc) is 3.07. The number of fused-ring (bicyclic) bond motifs is 2. The van der Waals surface area contributed by atoms with Gasteiger partial charge in [0.15, 0.2) is 0 Å². The average molecular weight is 274 g/mol. The Labute approximate surface area is 126 Å². The van der Waals surface area contributed by atoms with Crippen LogP contribution in [0.4, 0.5) is 0 Å². The molecule has 0 aromatic heterocycles. The van der Waals surface area contributed by atoms with Crippen LogP contribution < -0.4 is 0 Å². The fourth-order valence-corrected chi connectivity index (χ4v) is 7.42. The van der Waals surface area contributed by atoms with Crippen LogP contribution in [-0.4, -0.2) is 0 Å². The highest BCUT2D eigenvalue weighted by Gasteiger charge is 2.67. The third-order valence-electron chi connectivity index (χ3n) is 7.77. The fourth-order valence-electron chi connectivity index (χ4n) is 7.42. The van der Waals surface area contributed by atoms with Gasteiger partial charge in [0.1, 0.15) is 0 Å². The van der Waals surface area contributed by atoms with E-state index in [-0.39, 0.29) is 0 Å². The van der Waals surface area contributed by atoms with E-state index in [1.54, 1.807) is 12.8 Å². The van der Waals surface area contributed by atoms with Crippen LogP contribution in [0.15, 0.2) is 0 Å². The lowest BCUT2D eigenvalue weighted by Crippen LogP contribution is -2.39. The lowest BCUT2D eigenvalue weighted by atomic mass is 9.58. The zero-order valence-electron chi connectivity index (χ0n) is 14.6. The molecule has 0 amide bonds. The number of hydrogen-bond donors (Lipinski definition) is 0. The molecule has 4 rings (SSSR count). The van der Waals surface area contributed by atoms with Crippen molar-refractivity contribution in [3.05, 3.63) is 0 Å². The van der Waals surface area contributed by atoms with Crippen molar-refractivity contribution in [3.63, 3.8) is 0 Å². The van der Waals surface area contributed by atoms with E-state index in [1.807, 2.05) is 0 Å². The molecule has 114 valence electrons. The molecular weight excluding hydrogens is 240 g/mol. The lowest BCUT2D eigenvalue weighted by molar-refractivity contribution is 0.0238. The maximum Gasteiger partial charge on any atom is -0.0287 e. The summed E-state index contributed by atoms with van der Waals surface area (Å²) in [4.78, 5) is 0. The van der Waals surface area contributed by atoms with E-state index in [4.69, 9.17) is 0 Å². The molecule has 4 aliphatic carbocycles. The molecule has 0 bridgehead atoms. The van der Waals surface area contributed by atoms with Crippen molar-refractivity contribution in [2.75, 3.05) is 0 Å². The van der Waals surface area contributed by atoms with Crippen molar-refractivity contribution in [1.82, 2.24) is 0 Å². The molecule has 0 aromatic carbocycles. The molecule has 0 radical (unpaired) electrons. The van der Waals surface area contributed by atoms with Crippen molar-refractivity contribution >= 4 is 0 Å².